The number of hydrogen-bond acceptors (Lipinski definition) is 5. The monoisotopic (exact) mass is 375 g/mol. The topological polar surface area (TPSA) is 68.0 Å². The predicted octanol–water partition coefficient (Wildman–Crippen LogP) is 4.22. The van der Waals surface area contributed by atoms with Gasteiger partial charge in [0.05, 0.1) is 17.5 Å². The molecule has 0 aliphatic rings. The summed E-state index contributed by atoms with van der Waals surface area (Å²) in [4.78, 5) is 21.3. The summed E-state index contributed by atoms with van der Waals surface area (Å²) in [6.45, 7) is 0. The maximum atomic E-state index is 12.6. The summed E-state index contributed by atoms with van der Waals surface area (Å²) in [7, 11) is 0. The van der Waals surface area contributed by atoms with E-state index in [1.54, 1.807) is 6.20 Å². The molecule has 0 spiro atoms. The van der Waals surface area contributed by atoms with Gasteiger partial charge in [-0.3, -0.25) is 9.78 Å². The Morgan fingerprint density at radius 3 is 2.56 bits per heavy atom. The van der Waals surface area contributed by atoms with Gasteiger partial charge in [-0.1, -0.05) is 60.3 Å². The lowest BCUT2D eigenvalue weighted by Gasteiger charge is -2.18. The fourth-order valence-corrected chi connectivity index (χ4v) is 3.41. The number of carbonyl (C=O) groups excluding carboxylic acids is 1. The summed E-state index contributed by atoms with van der Waals surface area (Å²) in [5.74, 6) is 0.102. The molecule has 134 valence electrons. The van der Waals surface area contributed by atoms with Gasteiger partial charge in [-0.25, -0.2) is 4.98 Å². The van der Waals surface area contributed by atoms with Gasteiger partial charge < -0.3 is 9.73 Å². The van der Waals surface area contributed by atoms with E-state index in [2.05, 4.69) is 15.3 Å². The molecule has 0 radical (unpaired) electrons. The first-order valence-corrected chi connectivity index (χ1v) is 9.52. The quantitative estimate of drug-likeness (QED) is 0.511. The van der Waals surface area contributed by atoms with Gasteiger partial charge in [-0.15, -0.1) is 0 Å². The molecule has 0 saturated heterocycles. The van der Waals surface area contributed by atoms with Crippen molar-refractivity contribution in [2.45, 2.75) is 11.3 Å². The van der Waals surface area contributed by atoms with Gasteiger partial charge in [0.25, 0.3) is 5.22 Å². The van der Waals surface area contributed by atoms with E-state index >= 15 is 0 Å². The molecule has 1 amide bonds. The molecular weight excluding hydrogens is 358 g/mol. The highest BCUT2D eigenvalue weighted by Crippen LogP contribution is 2.24. The molecule has 4 aromatic rings. The van der Waals surface area contributed by atoms with Crippen molar-refractivity contribution < 1.29 is 9.21 Å². The predicted molar refractivity (Wildman–Crippen MR) is 105 cm³/mol. The zero-order chi connectivity index (χ0) is 18.5. The number of fused-ring (bicyclic) bond motifs is 1. The van der Waals surface area contributed by atoms with Gasteiger partial charge in [0.15, 0.2) is 5.58 Å². The zero-order valence-corrected chi connectivity index (χ0v) is 15.2. The lowest BCUT2D eigenvalue weighted by molar-refractivity contribution is -0.119. The molecule has 2 aromatic carbocycles. The molecule has 27 heavy (non-hydrogen) atoms. The van der Waals surface area contributed by atoms with Crippen LogP contribution in [0, 0.1) is 0 Å². The number of carbonyl (C=O) groups is 1. The van der Waals surface area contributed by atoms with Crippen LogP contribution in [0.3, 0.4) is 0 Å². The highest BCUT2D eigenvalue weighted by Gasteiger charge is 2.18. The molecule has 0 aliphatic carbocycles. The number of aromatic nitrogens is 2. The van der Waals surface area contributed by atoms with Crippen LogP contribution in [0.5, 0.6) is 0 Å². The van der Waals surface area contributed by atoms with Crippen LogP contribution >= 0.6 is 11.8 Å². The van der Waals surface area contributed by atoms with E-state index in [1.807, 2.05) is 72.8 Å². The third kappa shape index (κ3) is 4.17. The third-order valence-electron chi connectivity index (χ3n) is 4.02. The maximum Gasteiger partial charge on any atom is 0.257 e. The highest BCUT2D eigenvalue weighted by atomic mass is 32.2. The number of hydrogen-bond donors (Lipinski definition) is 1. The van der Waals surface area contributed by atoms with E-state index in [0.29, 0.717) is 5.22 Å². The van der Waals surface area contributed by atoms with Gasteiger partial charge in [0, 0.05) is 6.20 Å². The Labute approximate surface area is 160 Å². The second-order valence-electron chi connectivity index (χ2n) is 5.90. The van der Waals surface area contributed by atoms with E-state index < -0.39 is 0 Å². The van der Waals surface area contributed by atoms with Crippen LogP contribution in [0.15, 0.2) is 88.6 Å². The molecule has 1 atom stereocenters. The summed E-state index contributed by atoms with van der Waals surface area (Å²) in [6.07, 6.45) is 1.73. The SMILES string of the molecule is O=C(CSc1nc2ccccc2o1)NC(c1ccccc1)c1ccccn1. The van der Waals surface area contributed by atoms with Crippen LogP contribution in [-0.2, 0) is 4.79 Å². The van der Waals surface area contributed by atoms with Crippen molar-refractivity contribution >= 4 is 28.8 Å². The number of benzene rings is 2. The van der Waals surface area contributed by atoms with Crippen molar-refractivity contribution in [3.05, 3.63) is 90.3 Å². The average Bonchev–Trinajstić information content (AvgIpc) is 3.15. The van der Waals surface area contributed by atoms with Crippen molar-refractivity contribution in [3.8, 4) is 0 Å². The molecular formula is C21H17N3O2S. The van der Waals surface area contributed by atoms with Gasteiger partial charge in [0.1, 0.15) is 5.52 Å². The van der Waals surface area contributed by atoms with E-state index in [1.165, 1.54) is 11.8 Å². The number of para-hydroxylation sites is 2. The largest absolute Gasteiger partial charge is 0.431 e. The summed E-state index contributed by atoms with van der Waals surface area (Å²) in [5.41, 5.74) is 3.28. The molecule has 1 unspecified atom stereocenters. The Balaban J connectivity index is 1.47. The first-order valence-electron chi connectivity index (χ1n) is 8.53. The second kappa shape index (κ2) is 8.05. The normalized spacial score (nSPS) is 12.0. The number of pyridine rings is 1. The number of oxazole rings is 1. The Morgan fingerprint density at radius 1 is 1.00 bits per heavy atom. The van der Waals surface area contributed by atoms with Crippen molar-refractivity contribution in [1.29, 1.82) is 0 Å². The fourth-order valence-electron chi connectivity index (χ4n) is 2.76. The Hall–Kier alpha value is -3.12. The lowest BCUT2D eigenvalue weighted by atomic mass is 10.0. The first-order chi connectivity index (χ1) is 13.3. The van der Waals surface area contributed by atoms with Crippen molar-refractivity contribution in [1.82, 2.24) is 15.3 Å². The van der Waals surface area contributed by atoms with E-state index in [4.69, 9.17) is 4.42 Å². The molecule has 2 heterocycles. The minimum Gasteiger partial charge on any atom is -0.431 e. The van der Waals surface area contributed by atoms with E-state index in [9.17, 15) is 4.79 Å². The zero-order valence-electron chi connectivity index (χ0n) is 14.4. The van der Waals surface area contributed by atoms with Crippen LogP contribution < -0.4 is 5.32 Å². The molecule has 0 saturated carbocycles. The fraction of sp³-hybridized carbons (Fsp3) is 0.0952. The van der Waals surface area contributed by atoms with Crippen molar-refractivity contribution in [2.75, 3.05) is 5.75 Å². The van der Waals surface area contributed by atoms with E-state index in [-0.39, 0.29) is 17.7 Å². The number of amides is 1. The summed E-state index contributed by atoms with van der Waals surface area (Å²) >= 11 is 1.28. The van der Waals surface area contributed by atoms with Crippen LogP contribution in [0.2, 0.25) is 0 Å². The molecule has 5 nitrogen and oxygen atoms in total. The Morgan fingerprint density at radius 2 is 1.78 bits per heavy atom. The molecule has 1 N–H and O–H groups in total. The van der Waals surface area contributed by atoms with Crippen LogP contribution in [0.25, 0.3) is 11.1 Å². The third-order valence-corrected chi connectivity index (χ3v) is 4.85. The molecule has 4 rings (SSSR count). The van der Waals surface area contributed by atoms with Gasteiger partial charge in [-0.2, -0.15) is 0 Å². The number of nitrogens with zero attached hydrogens (tertiary/aromatic N) is 2. The standard InChI is InChI=1S/C21H17N3O2S/c25-19(14-27-21-23-16-10-4-5-12-18(16)26-21)24-20(15-8-2-1-3-9-15)17-11-6-7-13-22-17/h1-13,20H,14H2,(H,24,25). The van der Waals surface area contributed by atoms with E-state index in [0.717, 1.165) is 22.4 Å². The van der Waals surface area contributed by atoms with Gasteiger partial charge in [-0.05, 0) is 29.8 Å². The van der Waals surface area contributed by atoms with Crippen molar-refractivity contribution in [2.24, 2.45) is 0 Å². The highest BCUT2D eigenvalue weighted by molar-refractivity contribution is 7.99. The summed E-state index contributed by atoms with van der Waals surface area (Å²) in [5, 5.41) is 3.55. The first kappa shape index (κ1) is 17.3. The molecule has 2 aromatic heterocycles. The molecule has 6 heteroatoms. The van der Waals surface area contributed by atoms with Crippen LogP contribution in [0.4, 0.5) is 0 Å². The number of thioether (sulfide) groups is 1. The maximum absolute atomic E-state index is 12.6. The summed E-state index contributed by atoms with van der Waals surface area (Å²) in [6, 6.07) is 22.7. The molecule has 0 fully saturated rings. The van der Waals surface area contributed by atoms with Gasteiger partial charge >= 0.3 is 0 Å². The van der Waals surface area contributed by atoms with Gasteiger partial charge in [0.2, 0.25) is 5.91 Å². The Bertz CT molecular complexity index is 962. The number of nitrogens with one attached hydrogen (secondary N) is 1. The van der Waals surface area contributed by atoms with Crippen LogP contribution in [0.1, 0.15) is 17.3 Å². The molecule has 0 bridgehead atoms. The smallest absolute Gasteiger partial charge is 0.257 e. The van der Waals surface area contributed by atoms with Crippen molar-refractivity contribution in [3.63, 3.8) is 0 Å². The number of rotatable bonds is 6. The minimum absolute atomic E-state index is 0.109. The lowest BCUT2D eigenvalue weighted by Crippen LogP contribution is -2.31. The average molecular weight is 375 g/mol. The second-order valence-corrected chi connectivity index (χ2v) is 6.83. The Kier molecular flexibility index (Phi) is 5.16. The summed E-state index contributed by atoms with van der Waals surface area (Å²) < 4.78 is 5.65. The molecule has 0 aliphatic heterocycles. The minimum atomic E-state index is -0.302. The van der Waals surface area contributed by atoms with Crippen LogP contribution in [-0.4, -0.2) is 21.6 Å².